The van der Waals surface area contributed by atoms with Crippen molar-refractivity contribution in [3.8, 4) is 10.4 Å². The maximum absolute atomic E-state index is 13.7. The highest BCUT2D eigenvalue weighted by molar-refractivity contribution is 7.18. The van der Waals surface area contributed by atoms with Gasteiger partial charge in [0.15, 0.2) is 5.13 Å². The molecule has 0 amide bonds. The van der Waals surface area contributed by atoms with E-state index in [1.807, 2.05) is 12.3 Å². The van der Waals surface area contributed by atoms with Gasteiger partial charge in [-0.25, -0.2) is 9.37 Å². The van der Waals surface area contributed by atoms with Crippen LogP contribution in [0.1, 0.15) is 57.2 Å². The van der Waals surface area contributed by atoms with Crippen LogP contribution in [0.25, 0.3) is 10.4 Å². The fourth-order valence-corrected chi connectivity index (χ4v) is 6.17. The van der Waals surface area contributed by atoms with Crippen LogP contribution in [-0.2, 0) is 16.8 Å². The van der Waals surface area contributed by atoms with Crippen LogP contribution in [0.15, 0.2) is 48.7 Å². The van der Waals surface area contributed by atoms with Crippen LogP contribution < -0.4 is 4.90 Å². The van der Waals surface area contributed by atoms with Gasteiger partial charge in [-0.05, 0) is 53.5 Å². The molecule has 0 spiro atoms. The van der Waals surface area contributed by atoms with Gasteiger partial charge in [0.25, 0.3) is 0 Å². The summed E-state index contributed by atoms with van der Waals surface area (Å²) in [6, 6.07) is 13.9. The lowest BCUT2D eigenvalue weighted by atomic mass is 9.80. The van der Waals surface area contributed by atoms with E-state index in [0.717, 1.165) is 54.5 Å². The number of carbonyl (C=O) groups excluding carboxylic acids is 1. The molecular weight excluding hydrogens is 469 g/mol. The van der Waals surface area contributed by atoms with Gasteiger partial charge < -0.3 is 9.69 Å². The van der Waals surface area contributed by atoms with Gasteiger partial charge in [0, 0.05) is 44.8 Å². The summed E-state index contributed by atoms with van der Waals surface area (Å²) in [6.07, 6.45) is 4.52. The number of halogens is 1. The van der Waals surface area contributed by atoms with Gasteiger partial charge >= 0.3 is 0 Å². The molecule has 36 heavy (non-hydrogen) atoms. The Morgan fingerprint density at radius 1 is 1.19 bits per heavy atom. The van der Waals surface area contributed by atoms with E-state index < -0.39 is 0 Å². The first-order valence-electron chi connectivity index (χ1n) is 12.9. The number of aryl methyl sites for hydroxylation is 1. The van der Waals surface area contributed by atoms with Crippen molar-refractivity contribution in [3.05, 3.63) is 71.2 Å². The van der Waals surface area contributed by atoms with Crippen LogP contribution in [0.5, 0.6) is 0 Å². The second-order valence-corrected chi connectivity index (χ2v) is 12.2. The molecular formula is C30H38FN3OS. The van der Waals surface area contributed by atoms with Crippen LogP contribution in [0, 0.1) is 18.7 Å². The molecule has 0 N–H and O–H groups in total. The van der Waals surface area contributed by atoms with Crippen molar-refractivity contribution in [2.24, 2.45) is 5.92 Å². The number of aldehydes is 1. The lowest BCUT2D eigenvalue weighted by molar-refractivity contribution is -0.108. The molecule has 1 fully saturated rings. The Balaban J connectivity index is 1.51. The summed E-state index contributed by atoms with van der Waals surface area (Å²) in [7, 11) is 0. The minimum absolute atomic E-state index is 0.161. The van der Waals surface area contributed by atoms with Crippen molar-refractivity contribution in [3.63, 3.8) is 0 Å². The molecule has 1 aliphatic heterocycles. The maximum Gasteiger partial charge on any atom is 0.186 e. The molecule has 2 aromatic carbocycles. The van der Waals surface area contributed by atoms with Gasteiger partial charge in [0.2, 0.25) is 0 Å². The molecule has 1 aromatic heterocycles. The lowest BCUT2D eigenvalue weighted by Crippen LogP contribution is -2.53. The van der Waals surface area contributed by atoms with Gasteiger partial charge in [0.1, 0.15) is 12.1 Å². The van der Waals surface area contributed by atoms with Crippen molar-refractivity contribution < 1.29 is 9.18 Å². The molecule has 0 unspecified atom stereocenters. The Morgan fingerprint density at radius 2 is 2.00 bits per heavy atom. The van der Waals surface area contributed by atoms with E-state index in [-0.39, 0.29) is 11.2 Å². The van der Waals surface area contributed by atoms with Crippen molar-refractivity contribution in [2.45, 2.75) is 65.5 Å². The zero-order chi connectivity index (χ0) is 25.9. The van der Waals surface area contributed by atoms with Crippen LogP contribution in [0.3, 0.4) is 0 Å². The van der Waals surface area contributed by atoms with E-state index >= 15 is 0 Å². The summed E-state index contributed by atoms with van der Waals surface area (Å²) in [5, 5.41) is 1.02. The molecule has 3 aromatic rings. The van der Waals surface area contributed by atoms with E-state index in [2.05, 4.69) is 62.6 Å². The molecule has 6 heteroatoms. The Bertz CT molecular complexity index is 1190. The van der Waals surface area contributed by atoms with Crippen molar-refractivity contribution in [2.75, 3.05) is 24.5 Å². The van der Waals surface area contributed by atoms with Crippen LogP contribution in [-0.4, -0.2) is 41.8 Å². The summed E-state index contributed by atoms with van der Waals surface area (Å²) in [5.41, 5.74) is 4.50. The second-order valence-electron chi connectivity index (χ2n) is 11.2. The third-order valence-electron chi connectivity index (χ3n) is 7.08. The lowest BCUT2D eigenvalue weighted by Gasteiger charge is -2.42. The van der Waals surface area contributed by atoms with Crippen LogP contribution >= 0.6 is 11.3 Å². The number of carbonyl (C=O) groups is 1. The SMILES string of the molecule is Cc1cc(CN2CCN(c3ncc(-c4cccc(F)c4)s3)[C@H](CC(C)C)C2)cc(C(C)(C)CC=O)c1. The Hall–Kier alpha value is -2.57. The summed E-state index contributed by atoms with van der Waals surface area (Å²) in [4.78, 5) is 22.0. The second kappa shape index (κ2) is 11.2. The minimum Gasteiger partial charge on any atom is -0.343 e. The first kappa shape index (κ1) is 26.5. The summed E-state index contributed by atoms with van der Waals surface area (Å²) in [6.45, 7) is 14.7. The highest BCUT2D eigenvalue weighted by atomic mass is 32.1. The van der Waals surface area contributed by atoms with Gasteiger partial charge in [-0.3, -0.25) is 4.90 Å². The Morgan fingerprint density at radius 3 is 2.72 bits per heavy atom. The molecule has 192 valence electrons. The number of piperazine rings is 1. The normalized spacial score (nSPS) is 17.1. The number of benzene rings is 2. The number of hydrogen-bond donors (Lipinski definition) is 0. The molecule has 0 aliphatic carbocycles. The smallest absolute Gasteiger partial charge is 0.186 e. The largest absolute Gasteiger partial charge is 0.343 e. The van der Waals surface area contributed by atoms with Crippen molar-refractivity contribution >= 4 is 22.8 Å². The monoisotopic (exact) mass is 507 g/mol. The summed E-state index contributed by atoms with van der Waals surface area (Å²) >= 11 is 1.65. The fraction of sp³-hybridized carbons (Fsp3) is 0.467. The molecule has 0 bridgehead atoms. The number of nitrogens with zero attached hydrogens (tertiary/aromatic N) is 3. The van der Waals surface area contributed by atoms with E-state index in [1.54, 1.807) is 23.5 Å². The highest BCUT2D eigenvalue weighted by Gasteiger charge is 2.30. The zero-order valence-corrected chi connectivity index (χ0v) is 22.9. The van der Waals surface area contributed by atoms with Gasteiger partial charge in [-0.15, -0.1) is 0 Å². The van der Waals surface area contributed by atoms with Crippen molar-refractivity contribution in [1.82, 2.24) is 9.88 Å². The number of aromatic nitrogens is 1. The predicted molar refractivity (Wildman–Crippen MR) is 148 cm³/mol. The van der Waals surface area contributed by atoms with E-state index in [4.69, 9.17) is 4.98 Å². The van der Waals surface area contributed by atoms with Gasteiger partial charge in [-0.1, -0.05) is 74.9 Å². The third-order valence-corrected chi connectivity index (χ3v) is 8.16. The van der Waals surface area contributed by atoms with Crippen LogP contribution in [0.2, 0.25) is 0 Å². The third kappa shape index (κ3) is 6.40. The number of hydrogen-bond acceptors (Lipinski definition) is 5. The van der Waals surface area contributed by atoms with E-state index in [9.17, 15) is 9.18 Å². The van der Waals surface area contributed by atoms with Gasteiger partial charge in [-0.2, -0.15) is 0 Å². The Labute approximate surface area is 219 Å². The number of rotatable bonds is 9. The molecule has 0 radical (unpaired) electrons. The first-order valence-corrected chi connectivity index (χ1v) is 13.7. The minimum atomic E-state index is -0.220. The summed E-state index contributed by atoms with van der Waals surface area (Å²) in [5.74, 6) is 0.359. The molecule has 4 nitrogen and oxygen atoms in total. The standard InChI is InChI=1S/C30H38FN3OS/c1-21(2)13-27-20-33(19-23-14-22(3)15-25(16-23)30(4,5)9-12-35)10-11-34(27)29-32-18-28(36-29)24-7-6-8-26(31)17-24/h6-8,12,14-18,21,27H,9-11,13,19-20H2,1-5H3/t27-/m1/s1. The average Bonchev–Trinajstić information content (AvgIpc) is 3.28. The first-order chi connectivity index (χ1) is 17.1. The highest BCUT2D eigenvalue weighted by Crippen LogP contribution is 2.35. The van der Waals surface area contributed by atoms with Gasteiger partial charge in [0.05, 0.1) is 4.88 Å². The maximum atomic E-state index is 13.7. The zero-order valence-electron chi connectivity index (χ0n) is 22.1. The number of anilines is 1. The predicted octanol–water partition coefficient (Wildman–Crippen LogP) is 6.86. The molecule has 1 saturated heterocycles. The fourth-order valence-electron chi connectivity index (χ4n) is 5.16. The quantitative estimate of drug-likeness (QED) is 0.297. The average molecular weight is 508 g/mol. The summed E-state index contributed by atoms with van der Waals surface area (Å²) < 4.78 is 13.7. The topological polar surface area (TPSA) is 36.4 Å². The van der Waals surface area contributed by atoms with E-state index in [0.29, 0.717) is 18.4 Å². The molecule has 4 rings (SSSR count). The van der Waals surface area contributed by atoms with E-state index in [1.165, 1.54) is 22.8 Å². The number of thiazole rings is 1. The Kier molecular flexibility index (Phi) is 8.26. The van der Waals surface area contributed by atoms with Crippen LogP contribution in [0.4, 0.5) is 9.52 Å². The van der Waals surface area contributed by atoms with Crippen molar-refractivity contribution in [1.29, 1.82) is 0 Å². The molecule has 0 saturated carbocycles. The molecule has 1 atom stereocenters. The molecule has 1 aliphatic rings. The molecule has 2 heterocycles.